The fourth-order valence-electron chi connectivity index (χ4n) is 5.15. The Morgan fingerprint density at radius 2 is 2.00 bits per heavy atom. The Labute approximate surface area is 134 Å². The standard InChI is InChI=1S/C15H24N2.2ClH.H2O/c1-2-7-17-10-13-9-12(14(17)5-1)8-11-4-3-6-16-15(11)13;;;/h8,12-16H,1-7,9-10H2;2*1H;1H2/t12-,13+,14+,15+;;;/m0.../s1. The fraction of sp³-hybridized carbons (Fsp3) is 0.867. The van der Waals surface area contributed by atoms with Crippen molar-refractivity contribution in [2.45, 2.75) is 50.6 Å². The predicted octanol–water partition coefficient (Wildman–Crippen LogP) is -7.09. The number of rotatable bonds is 0. The van der Waals surface area contributed by atoms with Crippen LogP contribution < -0.4 is 35.0 Å². The van der Waals surface area contributed by atoms with Crippen LogP contribution in [0.3, 0.4) is 0 Å². The van der Waals surface area contributed by atoms with Gasteiger partial charge in [-0.1, -0.05) is 6.08 Å². The van der Waals surface area contributed by atoms with E-state index in [0.717, 1.165) is 23.9 Å². The molecule has 3 nitrogen and oxygen atoms in total. The topological polar surface area (TPSA) is 52.5 Å². The average Bonchev–Trinajstić information content (AvgIpc) is 2.39. The van der Waals surface area contributed by atoms with Crippen LogP contribution in [0.4, 0.5) is 0 Å². The molecule has 4 aliphatic rings. The maximum Gasteiger partial charge on any atom is 0.116 e. The van der Waals surface area contributed by atoms with Gasteiger partial charge in [-0.3, -0.25) is 0 Å². The minimum absolute atomic E-state index is 0. The van der Waals surface area contributed by atoms with E-state index in [-0.39, 0.29) is 30.3 Å². The van der Waals surface area contributed by atoms with Gasteiger partial charge in [0.25, 0.3) is 0 Å². The molecule has 0 radical (unpaired) electrons. The van der Waals surface area contributed by atoms with Crippen LogP contribution in [0.5, 0.6) is 0 Å². The summed E-state index contributed by atoms with van der Waals surface area (Å²) >= 11 is 0. The maximum absolute atomic E-state index is 2.73. The smallest absolute Gasteiger partial charge is 0.116 e. The summed E-state index contributed by atoms with van der Waals surface area (Å²) in [5, 5.41) is 2.65. The highest BCUT2D eigenvalue weighted by molar-refractivity contribution is 5.18. The van der Waals surface area contributed by atoms with Crippen molar-refractivity contribution in [2.24, 2.45) is 11.8 Å². The molecule has 0 aromatic carbocycles. The van der Waals surface area contributed by atoms with Gasteiger partial charge in [-0.15, -0.1) is 0 Å². The van der Waals surface area contributed by atoms with Crippen molar-refractivity contribution in [3.05, 3.63) is 11.6 Å². The lowest BCUT2D eigenvalue weighted by Crippen LogP contribution is -3.20. The molecule has 0 spiro atoms. The number of hydrogen-bond acceptors (Lipinski definition) is 0. The zero-order chi connectivity index (χ0) is 11.2. The monoisotopic (exact) mass is 322 g/mol. The van der Waals surface area contributed by atoms with Gasteiger partial charge in [0.2, 0.25) is 0 Å². The van der Waals surface area contributed by atoms with Crippen LogP contribution in [0.25, 0.3) is 0 Å². The number of nitrogens with one attached hydrogen (secondary N) is 1. The van der Waals surface area contributed by atoms with E-state index < -0.39 is 0 Å². The second kappa shape index (κ2) is 7.46. The molecular weight excluding hydrogens is 295 g/mol. The van der Waals surface area contributed by atoms with Crippen LogP contribution in [0, 0.1) is 11.8 Å². The second-order valence-corrected chi connectivity index (χ2v) is 6.77. The first-order valence-corrected chi connectivity index (χ1v) is 7.80. The molecule has 1 aliphatic carbocycles. The Hall–Kier alpha value is 0.200. The molecule has 2 bridgehead atoms. The van der Waals surface area contributed by atoms with E-state index in [0.29, 0.717) is 0 Å². The third kappa shape index (κ3) is 3.02. The van der Waals surface area contributed by atoms with E-state index in [4.69, 9.17) is 0 Å². The van der Waals surface area contributed by atoms with Crippen LogP contribution in [0.2, 0.25) is 0 Å². The van der Waals surface area contributed by atoms with Crippen LogP contribution >= 0.6 is 0 Å². The van der Waals surface area contributed by atoms with E-state index in [9.17, 15) is 0 Å². The number of quaternary nitrogens is 2. The van der Waals surface area contributed by atoms with Gasteiger partial charge in [-0.2, -0.15) is 0 Å². The highest BCUT2D eigenvalue weighted by atomic mass is 35.5. The lowest BCUT2D eigenvalue weighted by molar-refractivity contribution is -0.946. The molecule has 5 N–H and O–H groups in total. The molecule has 0 saturated carbocycles. The van der Waals surface area contributed by atoms with Crippen LogP contribution in [0.15, 0.2) is 11.6 Å². The molecule has 0 aromatic heterocycles. The SMILES string of the molecule is C1=C2CCC[NH2+][C@H]2[C@@H]2C[C@H]1[C@H]1CCCC[NH+]1C2.O.[Cl-].[Cl-]. The Bertz CT molecular complexity index is 351. The zero-order valence-corrected chi connectivity index (χ0v) is 13.6. The lowest BCUT2D eigenvalue weighted by Gasteiger charge is -2.48. The lowest BCUT2D eigenvalue weighted by atomic mass is 9.68. The predicted molar refractivity (Wildman–Crippen MR) is 71.4 cm³/mol. The summed E-state index contributed by atoms with van der Waals surface area (Å²) in [6, 6.07) is 1.88. The Kier molecular flexibility index (Phi) is 6.81. The maximum atomic E-state index is 2.73. The number of nitrogens with two attached hydrogens (primary N) is 1. The molecule has 3 saturated heterocycles. The molecule has 3 fully saturated rings. The summed E-state index contributed by atoms with van der Waals surface area (Å²) in [5.74, 6) is 1.95. The van der Waals surface area contributed by atoms with Crippen molar-refractivity contribution in [3.63, 3.8) is 0 Å². The normalized spacial score (nSPS) is 41.6. The van der Waals surface area contributed by atoms with Crippen molar-refractivity contribution in [1.82, 2.24) is 0 Å². The molecule has 5 heteroatoms. The molecule has 1 unspecified atom stereocenters. The average molecular weight is 323 g/mol. The van der Waals surface area contributed by atoms with Gasteiger partial charge in [-0.05, 0) is 31.3 Å². The van der Waals surface area contributed by atoms with Crippen molar-refractivity contribution >= 4 is 0 Å². The minimum Gasteiger partial charge on any atom is -1.00 e. The molecular formula is C15H28Cl2N2O. The first-order chi connectivity index (χ1) is 8.42. The first-order valence-electron chi connectivity index (χ1n) is 7.80. The van der Waals surface area contributed by atoms with E-state index in [1.165, 1.54) is 58.2 Å². The molecule has 20 heavy (non-hydrogen) atoms. The third-order valence-corrected chi connectivity index (χ3v) is 5.86. The molecule has 118 valence electrons. The Morgan fingerprint density at radius 3 is 2.85 bits per heavy atom. The summed E-state index contributed by atoms with van der Waals surface area (Å²) in [6.07, 6.45) is 11.6. The largest absolute Gasteiger partial charge is 1.00 e. The van der Waals surface area contributed by atoms with Crippen molar-refractivity contribution in [3.8, 4) is 0 Å². The summed E-state index contributed by atoms with van der Waals surface area (Å²) in [4.78, 5) is 1.96. The van der Waals surface area contributed by atoms with Gasteiger partial charge < -0.3 is 40.5 Å². The van der Waals surface area contributed by atoms with E-state index in [1.54, 1.807) is 0 Å². The van der Waals surface area contributed by atoms with Gasteiger partial charge >= 0.3 is 0 Å². The number of piperidine rings is 3. The second-order valence-electron chi connectivity index (χ2n) is 6.77. The van der Waals surface area contributed by atoms with Crippen LogP contribution in [-0.2, 0) is 0 Å². The van der Waals surface area contributed by atoms with Crippen LogP contribution in [-0.4, -0.2) is 37.2 Å². The van der Waals surface area contributed by atoms with Crippen molar-refractivity contribution in [2.75, 3.05) is 19.6 Å². The molecule has 0 amide bonds. The third-order valence-electron chi connectivity index (χ3n) is 5.86. The highest BCUT2D eigenvalue weighted by Crippen LogP contribution is 2.35. The Balaban J connectivity index is 0.000000667. The molecule has 5 atom stereocenters. The minimum atomic E-state index is 0. The molecule has 0 aromatic rings. The van der Waals surface area contributed by atoms with E-state index in [2.05, 4.69) is 11.4 Å². The number of fused-ring (bicyclic) bond motifs is 6. The fourth-order valence-corrected chi connectivity index (χ4v) is 5.15. The molecule has 3 heterocycles. The van der Waals surface area contributed by atoms with Gasteiger partial charge in [-0.25, -0.2) is 0 Å². The summed E-state index contributed by atoms with van der Waals surface area (Å²) in [5.41, 5.74) is 1.84. The quantitative estimate of drug-likeness (QED) is 0.417. The summed E-state index contributed by atoms with van der Waals surface area (Å²) in [7, 11) is 0. The zero-order valence-electron chi connectivity index (χ0n) is 12.1. The first kappa shape index (κ1) is 18.2. The van der Waals surface area contributed by atoms with Gasteiger partial charge in [0.1, 0.15) is 6.04 Å². The van der Waals surface area contributed by atoms with Gasteiger partial charge in [0, 0.05) is 18.8 Å². The van der Waals surface area contributed by atoms with E-state index >= 15 is 0 Å². The molecule has 4 rings (SSSR count). The van der Waals surface area contributed by atoms with Gasteiger partial charge in [0.05, 0.1) is 31.6 Å². The number of hydrogen-bond donors (Lipinski definition) is 2. The van der Waals surface area contributed by atoms with Crippen molar-refractivity contribution < 1.29 is 40.5 Å². The Morgan fingerprint density at radius 1 is 1.15 bits per heavy atom. The van der Waals surface area contributed by atoms with Crippen molar-refractivity contribution in [1.29, 1.82) is 0 Å². The molecule has 3 aliphatic heterocycles. The van der Waals surface area contributed by atoms with Crippen LogP contribution in [0.1, 0.15) is 38.5 Å². The van der Waals surface area contributed by atoms with Gasteiger partial charge in [0.15, 0.2) is 0 Å². The summed E-state index contributed by atoms with van der Waals surface area (Å²) < 4.78 is 0. The van der Waals surface area contributed by atoms with E-state index in [1.807, 2.05) is 10.5 Å². The number of halogens is 2. The summed E-state index contributed by atoms with van der Waals surface area (Å²) in [6.45, 7) is 4.33. The highest BCUT2D eigenvalue weighted by Gasteiger charge is 2.47.